The second kappa shape index (κ2) is 10.4. The Morgan fingerprint density at radius 2 is 2.06 bits per heavy atom. The van der Waals surface area contributed by atoms with Gasteiger partial charge < -0.3 is 26.1 Å². The third-order valence-corrected chi connectivity index (χ3v) is 6.00. The average Bonchev–Trinajstić information content (AvgIpc) is 3.29. The molecule has 5 N–H and O–H groups in total. The molecule has 1 aliphatic rings. The van der Waals surface area contributed by atoms with Gasteiger partial charge in [0.2, 0.25) is 0 Å². The first-order chi connectivity index (χ1) is 15.5. The van der Waals surface area contributed by atoms with Crippen LogP contribution in [0.4, 0.5) is 5.82 Å². The fourth-order valence-corrected chi connectivity index (χ4v) is 4.12. The van der Waals surface area contributed by atoms with Gasteiger partial charge in [-0.15, -0.1) is 0 Å². The molecule has 1 amide bonds. The van der Waals surface area contributed by atoms with Crippen LogP contribution in [0.1, 0.15) is 34.9 Å². The summed E-state index contributed by atoms with van der Waals surface area (Å²) in [5.74, 6) is 0.477. The van der Waals surface area contributed by atoms with Crippen molar-refractivity contribution in [3.05, 3.63) is 70.1 Å². The van der Waals surface area contributed by atoms with Gasteiger partial charge in [0.15, 0.2) is 0 Å². The molecule has 3 heterocycles. The third kappa shape index (κ3) is 5.42. The molecule has 1 aromatic carbocycles. The number of hydrogen-bond acceptors (Lipinski definition) is 5. The summed E-state index contributed by atoms with van der Waals surface area (Å²) in [6.07, 6.45) is 5.24. The number of halogens is 2. The number of amides is 1. The van der Waals surface area contributed by atoms with Gasteiger partial charge in [0, 0.05) is 54.3 Å². The van der Waals surface area contributed by atoms with E-state index in [0.717, 1.165) is 48.6 Å². The van der Waals surface area contributed by atoms with Gasteiger partial charge in [-0.1, -0.05) is 35.3 Å². The van der Waals surface area contributed by atoms with E-state index in [1.165, 1.54) is 0 Å². The number of anilines is 1. The highest BCUT2D eigenvalue weighted by Crippen LogP contribution is 2.30. The van der Waals surface area contributed by atoms with Crippen molar-refractivity contribution in [2.75, 3.05) is 25.1 Å². The lowest BCUT2D eigenvalue weighted by molar-refractivity contribution is 0.0903. The van der Waals surface area contributed by atoms with Crippen LogP contribution in [0, 0.1) is 0 Å². The van der Waals surface area contributed by atoms with Crippen LogP contribution in [0.2, 0.25) is 10.0 Å². The molecule has 2 aromatic heterocycles. The molecule has 0 aliphatic carbocycles. The number of benzene rings is 1. The molecule has 1 fully saturated rings. The Balaban J connectivity index is 1.49. The number of nitrogens with one attached hydrogen (secondary N) is 3. The lowest BCUT2D eigenvalue weighted by atomic mass is 10.1. The van der Waals surface area contributed by atoms with Crippen molar-refractivity contribution < 1.29 is 9.53 Å². The summed E-state index contributed by atoms with van der Waals surface area (Å²) in [4.78, 5) is 20.3. The Hall–Kier alpha value is -2.58. The number of nitrogens with zero attached hydrogens (tertiary/aromatic N) is 1. The number of nitrogens with two attached hydrogens (primary N) is 1. The molecule has 3 aromatic rings. The highest BCUT2D eigenvalue weighted by molar-refractivity contribution is 6.33. The average molecular weight is 474 g/mol. The SMILES string of the molecule is NCC(NC(=O)c1cc(-c2cc(NC3CCOCC3)ncc2Cl)c[nH]1)c1cccc(Cl)c1. The second-order valence-electron chi connectivity index (χ2n) is 7.70. The first-order valence-electron chi connectivity index (χ1n) is 10.5. The van der Waals surface area contributed by atoms with Gasteiger partial charge in [0.05, 0.1) is 11.1 Å². The zero-order chi connectivity index (χ0) is 22.5. The van der Waals surface area contributed by atoms with E-state index in [0.29, 0.717) is 21.8 Å². The summed E-state index contributed by atoms with van der Waals surface area (Å²) in [6.45, 7) is 1.73. The van der Waals surface area contributed by atoms with E-state index in [2.05, 4.69) is 20.6 Å². The van der Waals surface area contributed by atoms with Crippen molar-refractivity contribution in [2.45, 2.75) is 24.9 Å². The summed E-state index contributed by atoms with van der Waals surface area (Å²) in [7, 11) is 0. The Kier molecular flexibility index (Phi) is 7.32. The second-order valence-corrected chi connectivity index (χ2v) is 8.54. The minimum absolute atomic E-state index is 0.247. The summed E-state index contributed by atoms with van der Waals surface area (Å²) in [6, 6.07) is 10.9. The smallest absolute Gasteiger partial charge is 0.268 e. The zero-order valence-corrected chi connectivity index (χ0v) is 18.9. The largest absolute Gasteiger partial charge is 0.381 e. The van der Waals surface area contributed by atoms with Gasteiger partial charge in [-0.3, -0.25) is 4.79 Å². The van der Waals surface area contributed by atoms with Crippen LogP contribution in [-0.2, 0) is 4.74 Å². The first-order valence-corrected chi connectivity index (χ1v) is 11.2. The Bertz CT molecular complexity index is 1080. The summed E-state index contributed by atoms with van der Waals surface area (Å²) < 4.78 is 5.41. The standard InChI is InChI=1S/C23H25Cl2N5O2/c24-16-3-1-2-14(8-16)21(11-26)30-23(31)20-9-15(12-27-20)18-10-22(28-13-19(18)25)29-17-4-6-32-7-5-17/h1-3,8-10,12-13,17,21,27H,4-7,11,26H2,(H,28,29)(H,30,31). The topological polar surface area (TPSA) is 105 Å². The molecule has 168 valence electrons. The fraction of sp³-hybridized carbons (Fsp3) is 0.304. The minimum atomic E-state index is -0.354. The maximum Gasteiger partial charge on any atom is 0.268 e. The van der Waals surface area contributed by atoms with Gasteiger partial charge in [0.25, 0.3) is 5.91 Å². The van der Waals surface area contributed by atoms with E-state index in [9.17, 15) is 4.79 Å². The predicted octanol–water partition coefficient (Wildman–Crippen LogP) is 4.40. The number of pyridine rings is 1. The molecule has 1 saturated heterocycles. The lowest BCUT2D eigenvalue weighted by Crippen LogP contribution is -2.33. The molecule has 0 saturated carbocycles. The van der Waals surface area contributed by atoms with Crippen molar-refractivity contribution in [3.8, 4) is 11.1 Å². The van der Waals surface area contributed by atoms with E-state index < -0.39 is 0 Å². The van der Waals surface area contributed by atoms with E-state index in [4.69, 9.17) is 33.7 Å². The third-order valence-electron chi connectivity index (χ3n) is 5.46. The Morgan fingerprint density at radius 3 is 2.81 bits per heavy atom. The van der Waals surface area contributed by atoms with Gasteiger partial charge in [-0.2, -0.15) is 0 Å². The normalized spacial score (nSPS) is 15.3. The highest BCUT2D eigenvalue weighted by Gasteiger charge is 2.18. The fourth-order valence-electron chi connectivity index (χ4n) is 3.71. The maximum absolute atomic E-state index is 12.8. The van der Waals surface area contributed by atoms with Crippen LogP contribution in [0.5, 0.6) is 0 Å². The van der Waals surface area contributed by atoms with E-state index >= 15 is 0 Å². The van der Waals surface area contributed by atoms with Crippen LogP contribution < -0.4 is 16.4 Å². The molecule has 4 rings (SSSR count). The summed E-state index contributed by atoms with van der Waals surface area (Å²) in [5, 5.41) is 7.49. The van der Waals surface area contributed by atoms with E-state index in [-0.39, 0.29) is 18.5 Å². The predicted molar refractivity (Wildman–Crippen MR) is 127 cm³/mol. The van der Waals surface area contributed by atoms with Crippen molar-refractivity contribution in [1.82, 2.24) is 15.3 Å². The molecule has 1 atom stereocenters. The summed E-state index contributed by atoms with van der Waals surface area (Å²) >= 11 is 12.5. The number of rotatable bonds is 7. The van der Waals surface area contributed by atoms with E-state index in [1.807, 2.05) is 18.2 Å². The molecule has 0 bridgehead atoms. The Morgan fingerprint density at radius 1 is 1.25 bits per heavy atom. The van der Waals surface area contributed by atoms with Crippen molar-refractivity contribution in [3.63, 3.8) is 0 Å². The maximum atomic E-state index is 12.8. The quantitative estimate of drug-likeness (QED) is 0.406. The molecular weight excluding hydrogens is 449 g/mol. The molecule has 1 unspecified atom stereocenters. The number of aromatic amines is 1. The molecule has 0 radical (unpaired) electrons. The molecule has 7 nitrogen and oxygen atoms in total. The monoisotopic (exact) mass is 473 g/mol. The van der Waals surface area contributed by atoms with Crippen molar-refractivity contribution >= 4 is 34.9 Å². The first kappa shape index (κ1) is 22.6. The van der Waals surface area contributed by atoms with Crippen molar-refractivity contribution in [2.24, 2.45) is 5.73 Å². The number of aromatic nitrogens is 2. The zero-order valence-electron chi connectivity index (χ0n) is 17.4. The number of carbonyl (C=O) groups excluding carboxylic acids is 1. The van der Waals surface area contributed by atoms with Gasteiger partial charge in [-0.25, -0.2) is 4.98 Å². The lowest BCUT2D eigenvalue weighted by Gasteiger charge is -2.23. The molecule has 0 spiro atoms. The number of carbonyl (C=O) groups is 1. The molecule has 9 heteroatoms. The van der Waals surface area contributed by atoms with Crippen LogP contribution >= 0.6 is 23.2 Å². The van der Waals surface area contributed by atoms with Crippen LogP contribution in [0.15, 0.2) is 48.8 Å². The molecule has 1 aliphatic heterocycles. The van der Waals surface area contributed by atoms with Gasteiger partial charge >= 0.3 is 0 Å². The Labute approximate surface area is 196 Å². The number of ether oxygens (including phenoxy) is 1. The molecular formula is C23H25Cl2N5O2. The van der Waals surface area contributed by atoms with Gasteiger partial charge in [-0.05, 0) is 42.7 Å². The van der Waals surface area contributed by atoms with Gasteiger partial charge in [0.1, 0.15) is 11.5 Å². The van der Waals surface area contributed by atoms with E-state index in [1.54, 1.807) is 30.6 Å². The highest BCUT2D eigenvalue weighted by atomic mass is 35.5. The number of hydrogen-bond donors (Lipinski definition) is 4. The van der Waals surface area contributed by atoms with Crippen LogP contribution in [-0.4, -0.2) is 41.7 Å². The van der Waals surface area contributed by atoms with Crippen LogP contribution in [0.25, 0.3) is 11.1 Å². The van der Waals surface area contributed by atoms with Crippen LogP contribution in [0.3, 0.4) is 0 Å². The minimum Gasteiger partial charge on any atom is -0.381 e. The molecule has 32 heavy (non-hydrogen) atoms. The summed E-state index contributed by atoms with van der Waals surface area (Å²) in [5.41, 5.74) is 8.73. The van der Waals surface area contributed by atoms with Crippen molar-refractivity contribution in [1.29, 1.82) is 0 Å². The number of H-pyrrole nitrogens is 1.